The van der Waals surface area contributed by atoms with Gasteiger partial charge in [-0.25, -0.2) is 13.9 Å². The Balaban J connectivity index is 2.69. The lowest BCUT2D eigenvalue weighted by Gasteiger charge is -2.05. The molecule has 0 saturated carbocycles. The zero-order valence-corrected chi connectivity index (χ0v) is 10.6. The van der Waals surface area contributed by atoms with Gasteiger partial charge in [0.25, 0.3) is 0 Å². The third kappa shape index (κ3) is 4.16. The minimum absolute atomic E-state index is 0.121. The number of carbonyl (C=O) groups is 1. The summed E-state index contributed by atoms with van der Waals surface area (Å²) in [6.45, 7) is 1.88. The molecule has 1 aromatic rings. The summed E-state index contributed by atoms with van der Waals surface area (Å²) in [7, 11) is -2.11. The number of carbonyl (C=O) groups excluding carboxylic acids is 1. The molecule has 0 aliphatic rings. The number of hydrogen-bond donors (Lipinski definition) is 1. The van der Waals surface area contributed by atoms with Crippen LogP contribution in [0, 0.1) is 6.92 Å². The lowest BCUT2D eigenvalue weighted by Crippen LogP contribution is -2.24. The average molecular weight is 257 g/mol. The molecule has 0 bridgehead atoms. The molecule has 0 spiro atoms. The van der Waals surface area contributed by atoms with Gasteiger partial charge in [-0.05, 0) is 19.1 Å². The van der Waals surface area contributed by atoms with Crippen molar-refractivity contribution in [1.82, 2.24) is 5.48 Å². The predicted octanol–water partition coefficient (Wildman–Crippen LogP) is 0.836. The van der Waals surface area contributed by atoms with Gasteiger partial charge < -0.3 is 0 Å². The monoisotopic (exact) mass is 257 g/mol. The largest absolute Gasteiger partial charge is 0.277 e. The second-order valence-corrected chi connectivity index (χ2v) is 5.72. The van der Waals surface area contributed by atoms with Crippen molar-refractivity contribution in [2.45, 2.75) is 18.2 Å². The van der Waals surface area contributed by atoms with Crippen LogP contribution in [-0.4, -0.2) is 27.2 Å². The number of hydrogen-bond acceptors (Lipinski definition) is 4. The first-order valence-electron chi connectivity index (χ1n) is 5.07. The van der Waals surface area contributed by atoms with Crippen molar-refractivity contribution in [1.29, 1.82) is 0 Å². The van der Waals surface area contributed by atoms with Crippen molar-refractivity contribution in [3.05, 3.63) is 29.8 Å². The molecule has 6 heteroatoms. The van der Waals surface area contributed by atoms with Gasteiger partial charge in [0.1, 0.15) is 0 Å². The molecular formula is C11H15NO4S. The molecule has 0 radical (unpaired) electrons. The van der Waals surface area contributed by atoms with Gasteiger partial charge in [0.2, 0.25) is 5.91 Å². The van der Waals surface area contributed by atoms with Crippen molar-refractivity contribution < 1.29 is 18.0 Å². The highest BCUT2D eigenvalue weighted by molar-refractivity contribution is 7.91. The minimum atomic E-state index is -3.41. The summed E-state index contributed by atoms with van der Waals surface area (Å²) in [6, 6.07) is 6.53. The molecule has 0 unspecified atom stereocenters. The van der Waals surface area contributed by atoms with Gasteiger partial charge in [0.15, 0.2) is 9.84 Å². The summed E-state index contributed by atoms with van der Waals surface area (Å²) in [5.74, 6) is -0.686. The second kappa shape index (κ2) is 5.79. The first kappa shape index (κ1) is 13.7. The van der Waals surface area contributed by atoms with E-state index in [1.807, 2.05) is 6.92 Å². The molecule has 1 aromatic carbocycles. The zero-order chi connectivity index (χ0) is 12.9. The van der Waals surface area contributed by atoms with Gasteiger partial charge in [-0.3, -0.25) is 9.63 Å². The van der Waals surface area contributed by atoms with E-state index in [9.17, 15) is 13.2 Å². The average Bonchev–Trinajstić information content (AvgIpc) is 2.28. The van der Waals surface area contributed by atoms with Gasteiger partial charge in [0, 0.05) is 6.42 Å². The van der Waals surface area contributed by atoms with Gasteiger partial charge in [-0.2, -0.15) is 0 Å². The molecular weight excluding hydrogens is 242 g/mol. The van der Waals surface area contributed by atoms with Crippen molar-refractivity contribution in [3.8, 4) is 0 Å². The quantitative estimate of drug-likeness (QED) is 0.793. The standard InChI is InChI=1S/C11H15NO4S/c1-9-3-5-10(6-4-9)17(14,15)8-7-11(13)12-16-2/h3-6H,7-8H2,1-2H3,(H,12,13). The van der Waals surface area contributed by atoms with E-state index in [1.165, 1.54) is 7.11 Å². The normalized spacial score (nSPS) is 11.2. The molecule has 0 fully saturated rings. The molecule has 94 valence electrons. The van der Waals surface area contributed by atoms with E-state index in [2.05, 4.69) is 10.3 Å². The summed E-state index contributed by atoms with van der Waals surface area (Å²) in [5, 5.41) is 0. The van der Waals surface area contributed by atoms with Gasteiger partial charge in [0.05, 0.1) is 17.8 Å². The molecule has 1 rings (SSSR count). The van der Waals surface area contributed by atoms with Crippen molar-refractivity contribution in [2.24, 2.45) is 0 Å². The van der Waals surface area contributed by atoms with Crippen LogP contribution in [0.5, 0.6) is 0 Å². The molecule has 5 nitrogen and oxygen atoms in total. The Labute approximate surface area is 101 Å². The van der Waals surface area contributed by atoms with E-state index in [0.29, 0.717) is 0 Å². The maximum absolute atomic E-state index is 11.8. The molecule has 0 aliphatic carbocycles. The van der Waals surface area contributed by atoms with Crippen LogP contribution in [0.4, 0.5) is 0 Å². The number of amides is 1. The van der Waals surface area contributed by atoms with Crippen LogP contribution < -0.4 is 5.48 Å². The second-order valence-electron chi connectivity index (χ2n) is 3.61. The molecule has 0 aromatic heterocycles. The van der Waals surface area contributed by atoms with Crippen LogP contribution in [-0.2, 0) is 19.5 Å². The van der Waals surface area contributed by atoms with Crippen LogP contribution >= 0.6 is 0 Å². The smallest absolute Gasteiger partial charge is 0.244 e. The molecule has 0 atom stereocenters. The molecule has 1 amide bonds. The SMILES string of the molecule is CONC(=O)CCS(=O)(=O)c1ccc(C)cc1. The van der Waals surface area contributed by atoms with Crippen LogP contribution in [0.25, 0.3) is 0 Å². The van der Waals surface area contributed by atoms with Crippen molar-refractivity contribution in [2.75, 3.05) is 12.9 Å². The fourth-order valence-corrected chi connectivity index (χ4v) is 2.50. The Kier molecular flexibility index (Phi) is 4.65. The number of benzene rings is 1. The third-order valence-corrected chi connectivity index (χ3v) is 3.93. The van der Waals surface area contributed by atoms with E-state index in [0.717, 1.165) is 5.56 Å². The van der Waals surface area contributed by atoms with Gasteiger partial charge >= 0.3 is 0 Å². The Morgan fingerprint density at radius 1 is 1.29 bits per heavy atom. The summed E-state index contributed by atoms with van der Waals surface area (Å²) in [4.78, 5) is 15.7. The number of sulfone groups is 1. The van der Waals surface area contributed by atoms with Crippen LogP contribution in [0.1, 0.15) is 12.0 Å². The number of nitrogens with one attached hydrogen (secondary N) is 1. The Morgan fingerprint density at radius 3 is 2.41 bits per heavy atom. The Bertz CT molecular complexity index is 479. The fraction of sp³-hybridized carbons (Fsp3) is 0.364. The highest BCUT2D eigenvalue weighted by Gasteiger charge is 2.16. The lowest BCUT2D eigenvalue weighted by molar-refractivity contribution is -0.130. The zero-order valence-electron chi connectivity index (χ0n) is 9.76. The lowest BCUT2D eigenvalue weighted by atomic mass is 10.2. The summed E-state index contributed by atoms with van der Waals surface area (Å²) < 4.78 is 23.7. The van der Waals surface area contributed by atoms with E-state index in [1.54, 1.807) is 24.3 Å². The molecule has 17 heavy (non-hydrogen) atoms. The minimum Gasteiger partial charge on any atom is -0.277 e. The van der Waals surface area contributed by atoms with E-state index < -0.39 is 15.7 Å². The first-order chi connectivity index (χ1) is 7.95. The summed E-state index contributed by atoms with van der Waals surface area (Å²) in [6.07, 6.45) is -0.121. The molecule has 0 heterocycles. The third-order valence-electron chi connectivity index (χ3n) is 2.19. The highest BCUT2D eigenvalue weighted by Crippen LogP contribution is 2.12. The Morgan fingerprint density at radius 2 is 1.88 bits per heavy atom. The van der Waals surface area contributed by atoms with Crippen molar-refractivity contribution >= 4 is 15.7 Å². The van der Waals surface area contributed by atoms with E-state index >= 15 is 0 Å². The van der Waals surface area contributed by atoms with E-state index in [4.69, 9.17) is 0 Å². The maximum atomic E-state index is 11.8. The Hall–Kier alpha value is -1.40. The molecule has 0 saturated heterocycles. The van der Waals surface area contributed by atoms with Crippen LogP contribution in [0.15, 0.2) is 29.2 Å². The van der Waals surface area contributed by atoms with Crippen LogP contribution in [0.2, 0.25) is 0 Å². The number of hydroxylamine groups is 1. The van der Waals surface area contributed by atoms with Gasteiger partial charge in [-0.1, -0.05) is 17.7 Å². The molecule has 1 N–H and O–H groups in total. The van der Waals surface area contributed by atoms with E-state index in [-0.39, 0.29) is 17.1 Å². The maximum Gasteiger partial charge on any atom is 0.244 e. The number of aryl methyl sites for hydroxylation is 1. The van der Waals surface area contributed by atoms with Gasteiger partial charge in [-0.15, -0.1) is 0 Å². The summed E-state index contributed by atoms with van der Waals surface area (Å²) in [5.41, 5.74) is 3.06. The fourth-order valence-electron chi connectivity index (χ4n) is 1.26. The topological polar surface area (TPSA) is 72.5 Å². The highest BCUT2D eigenvalue weighted by atomic mass is 32.2. The van der Waals surface area contributed by atoms with Crippen LogP contribution in [0.3, 0.4) is 0 Å². The predicted molar refractivity (Wildman–Crippen MR) is 63.0 cm³/mol. The summed E-state index contributed by atoms with van der Waals surface area (Å²) >= 11 is 0. The number of rotatable bonds is 5. The molecule has 0 aliphatic heterocycles. The first-order valence-corrected chi connectivity index (χ1v) is 6.72. The van der Waals surface area contributed by atoms with Crippen molar-refractivity contribution in [3.63, 3.8) is 0 Å².